The van der Waals surface area contributed by atoms with Gasteiger partial charge >= 0.3 is 0 Å². The molecule has 1 amide bonds. The van der Waals surface area contributed by atoms with Crippen molar-refractivity contribution in [1.29, 1.82) is 0 Å². The van der Waals surface area contributed by atoms with E-state index in [1.807, 2.05) is 10.8 Å². The lowest BCUT2D eigenvalue weighted by atomic mass is 9.99. The van der Waals surface area contributed by atoms with Crippen LogP contribution in [-0.2, 0) is 5.60 Å². The molecule has 0 saturated carbocycles. The Kier molecular flexibility index (Phi) is 4.46. The molecule has 5 nitrogen and oxygen atoms in total. The smallest absolute Gasteiger partial charge is 0.273 e. The van der Waals surface area contributed by atoms with Crippen LogP contribution < -0.4 is 5.32 Å². The molecular formula is C17H15FN2O3S. The van der Waals surface area contributed by atoms with Crippen LogP contribution in [0.15, 0.2) is 51.7 Å². The Balaban J connectivity index is 1.67. The van der Waals surface area contributed by atoms with Gasteiger partial charge in [-0.05, 0) is 53.6 Å². The fourth-order valence-electron chi connectivity index (χ4n) is 2.15. The molecule has 124 valence electrons. The van der Waals surface area contributed by atoms with E-state index in [1.54, 1.807) is 25.1 Å². The number of aliphatic hydroxyl groups is 1. The van der Waals surface area contributed by atoms with Crippen molar-refractivity contribution in [2.24, 2.45) is 0 Å². The molecule has 2 heterocycles. The number of thiophene rings is 1. The summed E-state index contributed by atoms with van der Waals surface area (Å²) >= 11 is 1.47. The summed E-state index contributed by atoms with van der Waals surface area (Å²) in [4.78, 5) is 12.2. The van der Waals surface area contributed by atoms with Gasteiger partial charge in [0.25, 0.3) is 5.91 Å². The summed E-state index contributed by atoms with van der Waals surface area (Å²) in [5, 5.41) is 20.4. The maximum absolute atomic E-state index is 12.9. The summed E-state index contributed by atoms with van der Waals surface area (Å²) in [5.41, 5.74) is 0.280. The lowest BCUT2D eigenvalue weighted by Crippen LogP contribution is -2.38. The van der Waals surface area contributed by atoms with Gasteiger partial charge in [0.05, 0.1) is 6.54 Å². The van der Waals surface area contributed by atoms with Gasteiger partial charge in [0.15, 0.2) is 11.5 Å². The van der Waals surface area contributed by atoms with Crippen LogP contribution in [0.25, 0.3) is 11.3 Å². The molecule has 1 atom stereocenters. The molecule has 1 unspecified atom stereocenters. The number of aromatic nitrogens is 1. The Morgan fingerprint density at radius 1 is 1.38 bits per heavy atom. The summed E-state index contributed by atoms with van der Waals surface area (Å²) in [6.45, 7) is 1.67. The third-order valence-corrected chi connectivity index (χ3v) is 4.29. The SMILES string of the molecule is CC(O)(CNC(=O)c1cc(-c2ccc(F)cc2)on1)c1ccsc1. The average molecular weight is 346 g/mol. The van der Waals surface area contributed by atoms with Crippen LogP contribution in [0.4, 0.5) is 4.39 Å². The fraction of sp³-hybridized carbons (Fsp3) is 0.176. The molecule has 3 rings (SSSR count). The normalized spacial score (nSPS) is 13.5. The summed E-state index contributed by atoms with van der Waals surface area (Å²) in [6.07, 6.45) is 0. The molecule has 0 saturated heterocycles. The van der Waals surface area contributed by atoms with Gasteiger partial charge in [-0.1, -0.05) is 5.16 Å². The highest BCUT2D eigenvalue weighted by Gasteiger charge is 2.25. The van der Waals surface area contributed by atoms with Gasteiger partial charge in [-0.2, -0.15) is 11.3 Å². The van der Waals surface area contributed by atoms with E-state index >= 15 is 0 Å². The number of nitrogens with one attached hydrogen (secondary N) is 1. The molecule has 0 bridgehead atoms. The van der Waals surface area contributed by atoms with Crippen LogP contribution in [0.5, 0.6) is 0 Å². The van der Waals surface area contributed by atoms with Gasteiger partial charge < -0.3 is 14.9 Å². The van der Waals surface area contributed by atoms with Crippen LogP contribution >= 0.6 is 11.3 Å². The molecule has 0 aliphatic carbocycles. The highest BCUT2D eigenvalue weighted by Crippen LogP contribution is 2.23. The van der Waals surface area contributed by atoms with Crippen LogP contribution in [-0.4, -0.2) is 22.7 Å². The number of hydrogen-bond acceptors (Lipinski definition) is 5. The van der Waals surface area contributed by atoms with Crippen molar-refractivity contribution in [3.63, 3.8) is 0 Å². The van der Waals surface area contributed by atoms with Crippen molar-refractivity contribution in [3.05, 3.63) is 64.2 Å². The first-order chi connectivity index (χ1) is 11.5. The van der Waals surface area contributed by atoms with Gasteiger partial charge in [-0.3, -0.25) is 4.79 Å². The van der Waals surface area contributed by atoms with Crippen molar-refractivity contribution < 1.29 is 18.8 Å². The van der Waals surface area contributed by atoms with E-state index in [0.717, 1.165) is 5.56 Å². The Morgan fingerprint density at radius 2 is 2.12 bits per heavy atom. The van der Waals surface area contributed by atoms with E-state index in [9.17, 15) is 14.3 Å². The van der Waals surface area contributed by atoms with Gasteiger partial charge in [0.2, 0.25) is 0 Å². The summed E-state index contributed by atoms with van der Waals surface area (Å²) < 4.78 is 18.1. The number of nitrogens with zero attached hydrogens (tertiary/aromatic N) is 1. The molecule has 3 aromatic rings. The highest BCUT2D eigenvalue weighted by atomic mass is 32.1. The quantitative estimate of drug-likeness (QED) is 0.744. The van der Waals surface area contributed by atoms with Crippen molar-refractivity contribution in [1.82, 2.24) is 10.5 Å². The van der Waals surface area contributed by atoms with E-state index in [2.05, 4.69) is 10.5 Å². The predicted molar refractivity (Wildman–Crippen MR) is 88.1 cm³/mol. The molecule has 0 aliphatic rings. The largest absolute Gasteiger partial charge is 0.384 e. The van der Waals surface area contributed by atoms with Crippen LogP contribution in [0, 0.1) is 5.82 Å². The number of hydrogen-bond donors (Lipinski definition) is 2. The fourth-order valence-corrected chi connectivity index (χ4v) is 2.93. The van der Waals surface area contributed by atoms with Gasteiger partial charge in [0.1, 0.15) is 11.4 Å². The van der Waals surface area contributed by atoms with Crippen molar-refractivity contribution in [2.75, 3.05) is 6.54 Å². The Hall–Kier alpha value is -2.51. The Labute approximate surface area is 141 Å². The number of rotatable bonds is 5. The molecule has 0 spiro atoms. The lowest BCUT2D eigenvalue weighted by molar-refractivity contribution is 0.0527. The first-order valence-electron chi connectivity index (χ1n) is 7.21. The van der Waals surface area contributed by atoms with Crippen molar-refractivity contribution in [2.45, 2.75) is 12.5 Å². The molecule has 1 aromatic carbocycles. The molecule has 0 fully saturated rings. The molecule has 7 heteroatoms. The maximum atomic E-state index is 12.9. The van der Waals surface area contributed by atoms with Crippen LogP contribution in [0.2, 0.25) is 0 Å². The van der Waals surface area contributed by atoms with Gasteiger partial charge in [-0.15, -0.1) is 0 Å². The number of halogens is 1. The number of carbonyl (C=O) groups excluding carboxylic acids is 1. The van der Waals surface area contributed by atoms with Crippen LogP contribution in [0.1, 0.15) is 23.0 Å². The van der Waals surface area contributed by atoms with E-state index < -0.39 is 11.5 Å². The van der Waals surface area contributed by atoms with E-state index in [1.165, 1.54) is 29.5 Å². The minimum absolute atomic E-state index is 0.0430. The molecule has 2 aromatic heterocycles. The zero-order chi connectivity index (χ0) is 17.2. The second-order valence-electron chi connectivity index (χ2n) is 5.55. The Morgan fingerprint density at radius 3 is 2.79 bits per heavy atom. The van der Waals surface area contributed by atoms with E-state index in [0.29, 0.717) is 11.3 Å². The maximum Gasteiger partial charge on any atom is 0.273 e. The minimum atomic E-state index is -1.17. The second kappa shape index (κ2) is 6.54. The highest BCUT2D eigenvalue weighted by molar-refractivity contribution is 7.08. The topological polar surface area (TPSA) is 75.4 Å². The number of amides is 1. The molecule has 24 heavy (non-hydrogen) atoms. The third-order valence-electron chi connectivity index (χ3n) is 3.61. The van der Waals surface area contributed by atoms with Crippen molar-refractivity contribution in [3.8, 4) is 11.3 Å². The predicted octanol–water partition coefficient (Wildman–Crippen LogP) is 3.18. The first-order valence-corrected chi connectivity index (χ1v) is 8.16. The monoisotopic (exact) mass is 346 g/mol. The van der Waals surface area contributed by atoms with Gasteiger partial charge in [-0.25, -0.2) is 4.39 Å². The molecule has 0 radical (unpaired) electrons. The molecule has 2 N–H and O–H groups in total. The lowest BCUT2D eigenvalue weighted by Gasteiger charge is -2.22. The second-order valence-corrected chi connectivity index (χ2v) is 6.33. The van der Waals surface area contributed by atoms with Gasteiger partial charge in [0, 0.05) is 11.6 Å². The summed E-state index contributed by atoms with van der Waals surface area (Å²) in [6, 6.07) is 8.96. The average Bonchev–Trinajstić information content (AvgIpc) is 3.25. The van der Waals surface area contributed by atoms with E-state index in [-0.39, 0.29) is 18.1 Å². The van der Waals surface area contributed by atoms with Crippen LogP contribution in [0.3, 0.4) is 0 Å². The first kappa shape index (κ1) is 16.4. The number of benzene rings is 1. The molecular weight excluding hydrogens is 331 g/mol. The van der Waals surface area contributed by atoms with E-state index in [4.69, 9.17) is 4.52 Å². The number of carbonyl (C=O) groups is 1. The Bertz CT molecular complexity index is 826. The standard InChI is InChI=1S/C17H15FN2O3S/c1-17(22,12-6-7-24-9-12)10-19-16(21)14-8-15(23-20-14)11-2-4-13(18)5-3-11/h2-9,22H,10H2,1H3,(H,19,21). The third kappa shape index (κ3) is 3.52. The minimum Gasteiger partial charge on any atom is -0.384 e. The van der Waals surface area contributed by atoms with Crippen molar-refractivity contribution >= 4 is 17.2 Å². The zero-order valence-corrected chi connectivity index (χ0v) is 13.6. The zero-order valence-electron chi connectivity index (χ0n) is 12.8. The summed E-state index contributed by atoms with van der Waals surface area (Å²) in [7, 11) is 0. The summed E-state index contributed by atoms with van der Waals surface area (Å²) in [5.74, 6) is -0.445. The molecule has 0 aliphatic heterocycles.